The fourth-order valence-electron chi connectivity index (χ4n) is 4.73. The lowest BCUT2D eigenvalue weighted by Gasteiger charge is -2.23. The highest BCUT2D eigenvalue weighted by Gasteiger charge is 2.48. The van der Waals surface area contributed by atoms with E-state index in [9.17, 15) is 14.7 Å². The summed E-state index contributed by atoms with van der Waals surface area (Å²) in [5.41, 5.74) is 1.57. The Labute approximate surface area is 227 Å². The first-order valence-corrected chi connectivity index (χ1v) is 13.2. The Morgan fingerprint density at radius 1 is 1.03 bits per heavy atom. The van der Waals surface area contributed by atoms with Crippen LogP contribution in [0, 0.1) is 0 Å². The molecule has 0 aliphatic carbocycles. The van der Waals surface area contributed by atoms with Crippen LogP contribution in [0.3, 0.4) is 0 Å². The van der Waals surface area contributed by atoms with E-state index in [0.29, 0.717) is 64.6 Å². The van der Waals surface area contributed by atoms with Gasteiger partial charge in [0.15, 0.2) is 16.6 Å². The van der Waals surface area contributed by atoms with Crippen LogP contribution in [0.2, 0.25) is 0 Å². The molecule has 10 heteroatoms. The second kappa shape index (κ2) is 9.95. The van der Waals surface area contributed by atoms with E-state index in [4.69, 9.17) is 18.9 Å². The van der Waals surface area contributed by atoms with E-state index in [2.05, 4.69) is 4.98 Å². The number of Topliss-reactive ketones (excluding diaryl/α,β-unsaturated/α-hetero) is 1. The van der Waals surface area contributed by atoms with Gasteiger partial charge in [0.2, 0.25) is 0 Å². The summed E-state index contributed by atoms with van der Waals surface area (Å²) >= 11 is 1.27. The van der Waals surface area contributed by atoms with E-state index in [1.165, 1.54) is 16.2 Å². The fourth-order valence-corrected chi connectivity index (χ4v) is 5.75. The topological polar surface area (TPSA) is 107 Å². The Bertz CT molecular complexity index is 1630. The van der Waals surface area contributed by atoms with Crippen molar-refractivity contribution in [3.8, 4) is 23.0 Å². The van der Waals surface area contributed by atoms with Crippen molar-refractivity contribution in [1.82, 2.24) is 4.98 Å². The number of rotatable bonds is 6. The molecule has 6 rings (SSSR count). The van der Waals surface area contributed by atoms with Gasteiger partial charge in [-0.1, -0.05) is 23.5 Å². The molecular formula is C29H24N2O7S. The molecule has 4 aromatic rings. The minimum absolute atomic E-state index is 0.0453. The predicted octanol–water partition coefficient (Wildman–Crippen LogP) is 5.10. The van der Waals surface area contributed by atoms with Gasteiger partial charge in [0.1, 0.15) is 30.5 Å². The zero-order valence-corrected chi connectivity index (χ0v) is 22.0. The third-order valence-electron chi connectivity index (χ3n) is 6.56. The Hall–Kier alpha value is -4.57. The number of anilines is 1. The highest BCUT2D eigenvalue weighted by Crippen LogP contribution is 2.45. The lowest BCUT2D eigenvalue weighted by Crippen LogP contribution is -2.29. The third kappa shape index (κ3) is 4.32. The van der Waals surface area contributed by atoms with Crippen LogP contribution in [-0.2, 0) is 9.59 Å². The van der Waals surface area contributed by atoms with Gasteiger partial charge >= 0.3 is 5.91 Å². The van der Waals surface area contributed by atoms with Crippen molar-refractivity contribution in [2.45, 2.75) is 13.0 Å². The van der Waals surface area contributed by atoms with Gasteiger partial charge in [0.25, 0.3) is 5.78 Å². The molecule has 2 aliphatic heterocycles. The quantitative estimate of drug-likeness (QED) is 0.203. The van der Waals surface area contributed by atoms with Crippen LogP contribution in [0.4, 0.5) is 5.13 Å². The summed E-state index contributed by atoms with van der Waals surface area (Å²) in [5, 5.41) is 11.8. The monoisotopic (exact) mass is 544 g/mol. The van der Waals surface area contributed by atoms with Gasteiger partial charge in [-0.2, -0.15) is 0 Å². The van der Waals surface area contributed by atoms with Crippen molar-refractivity contribution < 1.29 is 33.6 Å². The molecule has 1 saturated heterocycles. The first kappa shape index (κ1) is 24.7. The molecule has 1 unspecified atom stereocenters. The molecule has 1 atom stereocenters. The molecule has 9 nitrogen and oxygen atoms in total. The number of fused-ring (bicyclic) bond motifs is 2. The zero-order valence-electron chi connectivity index (χ0n) is 21.2. The van der Waals surface area contributed by atoms with E-state index in [1.807, 2.05) is 25.1 Å². The number of aliphatic hydroxyl groups is 1. The highest BCUT2D eigenvalue weighted by atomic mass is 32.1. The van der Waals surface area contributed by atoms with Gasteiger partial charge in [0, 0.05) is 5.56 Å². The Morgan fingerprint density at radius 3 is 2.51 bits per heavy atom. The van der Waals surface area contributed by atoms with Gasteiger partial charge in [-0.05, 0) is 61.0 Å². The van der Waals surface area contributed by atoms with Gasteiger partial charge in [-0.25, -0.2) is 4.98 Å². The maximum absolute atomic E-state index is 13.5. The molecule has 198 valence electrons. The number of aromatic nitrogens is 1. The summed E-state index contributed by atoms with van der Waals surface area (Å²) in [5.74, 6) is 0.408. The number of thiazole rings is 1. The minimum atomic E-state index is -0.920. The van der Waals surface area contributed by atoms with E-state index < -0.39 is 17.7 Å². The second-order valence-corrected chi connectivity index (χ2v) is 9.87. The molecule has 0 spiro atoms. The summed E-state index contributed by atoms with van der Waals surface area (Å²) < 4.78 is 23.0. The van der Waals surface area contributed by atoms with Crippen molar-refractivity contribution in [2.24, 2.45) is 0 Å². The van der Waals surface area contributed by atoms with Crippen LogP contribution in [-0.4, -0.2) is 48.7 Å². The van der Waals surface area contributed by atoms with Crippen molar-refractivity contribution in [2.75, 3.05) is 31.8 Å². The number of hydrogen-bond acceptors (Lipinski definition) is 9. The standard InChI is InChI=1S/C29H24N2O7S/c1-3-36-19-9-10-20-23(15-19)39-29(30-20)31-25(16-4-7-18(35-2)8-5-16)24(27(33)28(31)34)26(32)17-6-11-21-22(14-17)38-13-12-37-21/h4-11,14-15,25,32H,3,12-13H2,1-2H3. The van der Waals surface area contributed by atoms with E-state index in [0.717, 1.165) is 4.70 Å². The first-order chi connectivity index (χ1) is 19.0. The Balaban J connectivity index is 1.50. The van der Waals surface area contributed by atoms with Crippen molar-refractivity contribution in [1.29, 1.82) is 0 Å². The molecule has 1 aromatic heterocycles. The molecule has 39 heavy (non-hydrogen) atoms. The normalized spacial score (nSPS) is 18.0. The number of hydrogen-bond donors (Lipinski definition) is 1. The SMILES string of the molecule is CCOc1ccc2nc(N3C(=O)C(=O)C(=C(O)c4ccc5c(c4)OCCO5)C3c3ccc(OC)cc3)sc2c1. The van der Waals surface area contributed by atoms with E-state index in [1.54, 1.807) is 49.6 Å². The molecule has 1 fully saturated rings. The van der Waals surface area contributed by atoms with Crippen LogP contribution in [0.5, 0.6) is 23.0 Å². The number of methoxy groups -OCH3 is 1. The Morgan fingerprint density at radius 2 is 1.77 bits per heavy atom. The smallest absolute Gasteiger partial charge is 0.301 e. The summed E-state index contributed by atoms with van der Waals surface area (Å²) in [6.45, 7) is 3.21. The molecule has 0 bridgehead atoms. The van der Waals surface area contributed by atoms with Crippen molar-refractivity contribution in [3.63, 3.8) is 0 Å². The largest absolute Gasteiger partial charge is 0.507 e. The molecule has 3 aromatic carbocycles. The summed E-state index contributed by atoms with van der Waals surface area (Å²) in [7, 11) is 1.56. The third-order valence-corrected chi connectivity index (χ3v) is 7.57. The van der Waals surface area contributed by atoms with E-state index >= 15 is 0 Å². The van der Waals surface area contributed by atoms with Crippen LogP contribution in [0.25, 0.3) is 16.0 Å². The summed E-state index contributed by atoms with van der Waals surface area (Å²) in [4.78, 5) is 33.1. The first-order valence-electron chi connectivity index (χ1n) is 12.4. The number of carbonyl (C=O) groups is 2. The van der Waals surface area contributed by atoms with Crippen LogP contribution in [0.1, 0.15) is 24.1 Å². The second-order valence-electron chi connectivity index (χ2n) is 8.86. The maximum Gasteiger partial charge on any atom is 0.301 e. The van der Waals surface area contributed by atoms with Gasteiger partial charge < -0.3 is 24.1 Å². The minimum Gasteiger partial charge on any atom is -0.507 e. The van der Waals surface area contributed by atoms with Crippen molar-refractivity contribution in [3.05, 3.63) is 77.4 Å². The molecule has 2 aliphatic rings. The van der Waals surface area contributed by atoms with Gasteiger partial charge in [-0.15, -0.1) is 0 Å². The molecule has 0 radical (unpaired) electrons. The highest BCUT2D eigenvalue weighted by molar-refractivity contribution is 7.22. The lowest BCUT2D eigenvalue weighted by atomic mass is 9.95. The summed E-state index contributed by atoms with van der Waals surface area (Å²) in [6.07, 6.45) is 0. The number of amides is 1. The molecular weight excluding hydrogens is 520 g/mol. The molecule has 3 heterocycles. The van der Waals surface area contributed by atoms with Gasteiger partial charge in [0.05, 0.1) is 35.5 Å². The Kier molecular flexibility index (Phi) is 6.32. The number of nitrogens with zero attached hydrogens (tertiary/aromatic N) is 2. The van der Waals surface area contributed by atoms with E-state index in [-0.39, 0.29) is 11.3 Å². The summed E-state index contributed by atoms with van der Waals surface area (Å²) in [6, 6.07) is 16.5. The number of ether oxygens (including phenoxy) is 4. The number of ketones is 1. The average Bonchev–Trinajstić information content (AvgIpc) is 3.50. The zero-order chi connectivity index (χ0) is 27.1. The fraction of sp³-hybridized carbons (Fsp3) is 0.207. The lowest BCUT2D eigenvalue weighted by molar-refractivity contribution is -0.132. The molecule has 1 amide bonds. The van der Waals surface area contributed by atoms with Crippen LogP contribution < -0.4 is 23.8 Å². The van der Waals surface area contributed by atoms with Crippen molar-refractivity contribution >= 4 is 44.1 Å². The predicted molar refractivity (Wildman–Crippen MR) is 146 cm³/mol. The molecule has 1 N–H and O–H groups in total. The number of benzene rings is 3. The van der Waals surface area contributed by atoms with Crippen LogP contribution in [0.15, 0.2) is 66.2 Å². The average molecular weight is 545 g/mol. The number of carbonyl (C=O) groups excluding carboxylic acids is 2. The maximum atomic E-state index is 13.5. The van der Waals surface area contributed by atoms with Gasteiger partial charge in [-0.3, -0.25) is 14.5 Å². The molecule has 0 saturated carbocycles. The number of aliphatic hydroxyl groups excluding tert-OH is 1. The van der Waals surface area contributed by atoms with Crippen LogP contribution >= 0.6 is 11.3 Å².